The van der Waals surface area contributed by atoms with E-state index < -0.39 is 0 Å². The fraction of sp³-hybridized carbons (Fsp3) is 0.562. The number of nitrogens with zero attached hydrogens (tertiary/aromatic N) is 1. The highest BCUT2D eigenvalue weighted by molar-refractivity contribution is 5.83. The lowest BCUT2D eigenvalue weighted by molar-refractivity contribution is 0.0320. The van der Waals surface area contributed by atoms with Crippen molar-refractivity contribution in [3.05, 3.63) is 29.8 Å². The van der Waals surface area contributed by atoms with Crippen LogP contribution in [0.1, 0.15) is 44.6 Å². The summed E-state index contributed by atoms with van der Waals surface area (Å²) in [5, 5.41) is 21.9. The van der Waals surface area contributed by atoms with Crippen LogP contribution in [0.2, 0.25) is 0 Å². The number of ether oxygens (including phenoxy) is 1. The number of rotatable bonds is 4. The largest absolute Gasteiger partial charge is 0.488 e. The van der Waals surface area contributed by atoms with E-state index in [0.717, 1.165) is 37.0 Å². The first kappa shape index (κ1) is 14.9. The summed E-state index contributed by atoms with van der Waals surface area (Å²) < 4.78 is 5.90. The fourth-order valence-corrected chi connectivity index (χ4v) is 2.58. The first-order valence-electron chi connectivity index (χ1n) is 7.30. The quantitative estimate of drug-likeness (QED) is 0.384. The normalized spacial score (nSPS) is 24.2. The number of aliphatic hydroxyl groups excluding tert-OH is 1. The Labute approximate surface area is 120 Å². The van der Waals surface area contributed by atoms with E-state index in [-0.39, 0.29) is 12.2 Å². The third kappa shape index (κ3) is 4.23. The van der Waals surface area contributed by atoms with Crippen molar-refractivity contribution < 1.29 is 15.1 Å². The van der Waals surface area contributed by atoms with Crippen molar-refractivity contribution in [2.45, 2.75) is 57.7 Å². The monoisotopic (exact) mass is 277 g/mol. The zero-order valence-electron chi connectivity index (χ0n) is 12.0. The second-order valence-electron chi connectivity index (χ2n) is 5.52. The average Bonchev–Trinajstić information content (AvgIpc) is 2.66. The minimum atomic E-state index is -0.360. The van der Waals surface area contributed by atoms with Crippen LogP contribution in [0.4, 0.5) is 0 Å². The van der Waals surface area contributed by atoms with Gasteiger partial charge in [-0.3, -0.25) is 0 Å². The van der Waals surface area contributed by atoms with E-state index in [2.05, 4.69) is 5.16 Å². The van der Waals surface area contributed by atoms with Gasteiger partial charge in [-0.05, 0) is 43.9 Å². The lowest BCUT2D eigenvalue weighted by Gasteiger charge is -2.22. The molecule has 1 saturated carbocycles. The van der Waals surface area contributed by atoms with Gasteiger partial charge in [-0.1, -0.05) is 30.1 Å². The van der Waals surface area contributed by atoms with Gasteiger partial charge in [0.2, 0.25) is 0 Å². The van der Waals surface area contributed by atoms with Crippen molar-refractivity contribution in [2.24, 2.45) is 5.16 Å². The molecule has 0 spiro atoms. The molecule has 20 heavy (non-hydrogen) atoms. The van der Waals surface area contributed by atoms with Crippen LogP contribution in [0.15, 0.2) is 29.4 Å². The van der Waals surface area contributed by atoms with Crippen molar-refractivity contribution in [1.29, 1.82) is 0 Å². The molecule has 1 aromatic carbocycles. The molecule has 4 heteroatoms. The molecule has 0 aliphatic heterocycles. The summed E-state index contributed by atoms with van der Waals surface area (Å²) in [6.45, 7) is 1.78. The Bertz CT molecular complexity index is 442. The van der Waals surface area contributed by atoms with Gasteiger partial charge in [0.1, 0.15) is 11.9 Å². The highest BCUT2D eigenvalue weighted by Gasteiger charge is 2.23. The molecule has 1 aliphatic carbocycles. The van der Waals surface area contributed by atoms with Gasteiger partial charge in [-0.2, -0.15) is 0 Å². The van der Waals surface area contributed by atoms with Crippen molar-refractivity contribution in [3.63, 3.8) is 0 Å². The Hall–Kier alpha value is -1.55. The minimum absolute atomic E-state index is 0.0934. The van der Waals surface area contributed by atoms with Gasteiger partial charge in [-0.25, -0.2) is 0 Å². The highest BCUT2D eigenvalue weighted by atomic mass is 16.5. The van der Waals surface area contributed by atoms with Gasteiger partial charge in [0.25, 0.3) is 0 Å². The van der Waals surface area contributed by atoms with Crippen LogP contribution in [0, 0.1) is 0 Å². The highest BCUT2D eigenvalue weighted by Crippen LogP contribution is 2.23. The third-order valence-corrected chi connectivity index (χ3v) is 3.76. The molecule has 110 valence electrons. The van der Waals surface area contributed by atoms with E-state index in [1.54, 1.807) is 6.92 Å². The Morgan fingerprint density at radius 1 is 1.20 bits per heavy atom. The topological polar surface area (TPSA) is 62.0 Å². The molecule has 0 radical (unpaired) electrons. The van der Waals surface area contributed by atoms with E-state index in [1.807, 2.05) is 24.3 Å². The predicted molar refractivity (Wildman–Crippen MR) is 78.5 cm³/mol. The van der Waals surface area contributed by atoms with Crippen LogP contribution in [0.5, 0.6) is 5.75 Å². The first-order valence-corrected chi connectivity index (χ1v) is 7.30. The molecule has 2 atom stereocenters. The number of hydrogen-bond donors (Lipinski definition) is 2. The molecule has 0 bridgehead atoms. The zero-order valence-corrected chi connectivity index (χ0v) is 12.0. The maximum Gasteiger partial charge on any atom is 0.124 e. The lowest BCUT2D eigenvalue weighted by Crippen LogP contribution is -2.30. The number of hydrogen-bond acceptors (Lipinski definition) is 4. The molecule has 4 nitrogen and oxygen atoms in total. The predicted octanol–water partition coefficient (Wildman–Crippen LogP) is 3.15. The molecule has 2 N–H and O–H groups in total. The first-order chi connectivity index (χ1) is 9.69. The van der Waals surface area contributed by atoms with Crippen LogP contribution in [0.3, 0.4) is 0 Å². The van der Waals surface area contributed by atoms with Crippen LogP contribution >= 0.6 is 0 Å². The minimum Gasteiger partial charge on any atom is -0.488 e. The standard InChI is InChI=1S/C16H23NO3/c1-12(17-19)11-13-7-9-14(10-8-13)20-16-6-4-2-3-5-15(16)18/h7-10,15-16,18-19H,2-6,11H2,1H3/b17-12-. The van der Waals surface area contributed by atoms with E-state index >= 15 is 0 Å². The Morgan fingerprint density at radius 3 is 2.60 bits per heavy atom. The second-order valence-corrected chi connectivity index (χ2v) is 5.52. The van der Waals surface area contributed by atoms with Crippen molar-refractivity contribution in [2.75, 3.05) is 0 Å². The third-order valence-electron chi connectivity index (χ3n) is 3.76. The Morgan fingerprint density at radius 2 is 1.90 bits per heavy atom. The summed E-state index contributed by atoms with van der Waals surface area (Å²) in [6, 6.07) is 7.76. The van der Waals surface area contributed by atoms with Gasteiger partial charge < -0.3 is 15.1 Å². The molecular formula is C16H23NO3. The molecule has 2 rings (SSSR count). The molecule has 0 aromatic heterocycles. The molecule has 2 unspecified atom stereocenters. The van der Waals surface area contributed by atoms with E-state index in [0.29, 0.717) is 12.1 Å². The van der Waals surface area contributed by atoms with Gasteiger partial charge in [-0.15, -0.1) is 0 Å². The molecule has 0 amide bonds. The summed E-state index contributed by atoms with van der Waals surface area (Å²) in [5.41, 5.74) is 1.76. The van der Waals surface area contributed by atoms with Gasteiger partial charge in [0.15, 0.2) is 0 Å². The van der Waals surface area contributed by atoms with E-state index in [9.17, 15) is 5.11 Å². The van der Waals surface area contributed by atoms with Crippen molar-refractivity contribution >= 4 is 5.71 Å². The Balaban J connectivity index is 1.95. The van der Waals surface area contributed by atoms with Crippen molar-refractivity contribution in [1.82, 2.24) is 0 Å². The molecule has 1 aliphatic rings. The average molecular weight is 277 g/mol. The van der Waals surface area contributed by atoms with Gasteiger partial charge in [0.05, 0.1) is 11.8 Å². The smallest absolute Gasteiger partial charge is 0.124 e. The molecular weight excluding hydrogens is 254 g/mol. The summed E-state index contributed by atoms with van der Waals surface area (Å²) in [4.78, 5) is 0. The summed E-state index contributed by atoms with van der Waals surface area (Å²) >= 11 is 0. The molecule has 0 saturated heterocycles. The van der Waals surface area contributed by atoms with Gasteiger partial charge >= 0.3 is 0 Å². The van der Waals surface area contributed by atoms with Crippen molar-refractivity contribution in [3.8, 4) is 5.75 Å². The Kier molecular flexibility index (Phi) is 5.41. The second kappa shape index (κ2) is 7.29. The van der Waals surface area contributed by atoms with E-state index in [1.165, 1.54) is 6.42 Å². The van der Waals surface area contributed by atoms with Crippen LogP contribution < -0.4 is 4.74 Å². The summed E-state index contributed by atoms with van der Waals surface area (Å²) in [5.74, 6) is 0.790. The number of aliphatic hydroxyl groups is 1. The zero-order chi connectivity index (χ0) is 14.4. The number of benzene rings is 1. The summed E-state index contributed by atoms with van der Waals surface area (Å²) in [6.07, 6.45) is 5.29. The lowest BCUT2D eigenvalue weighted by atomic mass is 10.1. The molecule has 1 fully saturated rings. The maximum atomic E-state index is 10.0. The SMILES string of the molecule is C/C(Cc1ccc(OC2CCCCCC2O)cc1)=N/O. The fourth-order valence-electron chi connectivity index (χ4n) is 2.58. The molecule has 1 aromatic rings. The van der Waals surface area contributed by atoms with Gasteiger partial charge in [0, 0.05) is 6.42 Å². The molecule has 0 heterocycles. The van der Waals surface area contributed by atoms with E-state index in [4.69, 9.17) is 9.94 Å². The van der Waals surface area contributed by atoms with Crippen LogP contribution in [-0.2, 0) is 6.42 Å². The van der Waals surface area contributed by atoms with Crippen LogP contribution in [-0.4, -0.2) is 28.2 Å². The number of oxime groups is 1. The maximum absolute atomic E-state index is 10.0. The summed E-state index contributed by atoms with van der Waals surface area (Å²) in [7, 11) is 0. The van der Waals surface area contributed by atoms with Crippen LogP contribution in [0.25, 0.3) is 0 Å².